The highest BCUT2D eigenvalue weighted by Crippen LogP contribution is 2.43. The van der Waals surface area contributed by atoms with Gasteiger partial charge in [0.1, 0.15) is 11.9 Å². The average Bonchev–Trinajstić information content (AvgIpc) is 2.24. The number of hydrogen-bond acceptors (Lipinski definition) is 3. The number of aliphatic hydroxyl groups is 2. The van der Waals surface area contributed by atoms with Crippen LogP contribution in [-0.2, 0) is 6.42 Å². The van der Waals surface area contributed by atoms with Crippen molar-refractivity contribution in [3.8, 4) is 5.75 Å². The lowest BCUT2D eigenvalue weighted by molar-refractivity contribution is -0.0759. The number of phenols is 1. The van der Waals surface area contributed by atoms with Crippen LogP contribution in [0.5, 0.6) is 5.75 Å². The Morgan fingerprint density at radius 2 is 2.00 bits per heavy atom. The van der Waals surface area contributed by atoms with Gasteiger partial charge in [-0.3, -0.25) is 0 Å². The predicted octanol–water partition coefficient (Wildman–Crippen LogP) is 2.25. The van der Waals surface area contributed by atoms with Gasteiger partial charge in [-0.05, 0) is 42.9 Å². The van der Waals surface area contributed by atoms with E-state index >= 15 is 0 Å². The SMILES string of the molecule is CC(C)c1ccc(O)c2c1C(O)C(C)(O)CC2. The molecule has 2 unspecified atom stereocenters. The maximum Gasteiger partial charge on any atom is 0.119 e. The number of phenolic OH excluding ortho intramolecular Hbond substituents is 1. The minimum absolute atomic E-state index is 0.221. The first-order chi connectivity index (χ1) is 7.84. The maximum absolute atomic E-state index is 10.3. The highest BCUT2D eigenvalue weighted by Gasteiger charge is 2.39. The van der Waals surface area contributed by atoms with Crippen molar-refractivity contribution in [2.75, 3.05) is 0 Å². The molecule has 0 aromatic heterocycles. The van der Waals surface area contributed by atoms with Crippen molar-refractivity contribution in [3.63, 3.8) is 0 Å². The van der Waals surface area contributed by atoms with Gasteiger partial charge in [0, 0.05) is 5.56 Å². The van der Waals surface area contributed by atoms with Crippen LogP contribution in [0.2, 0.25) is 0 Å². The van der Waals surface area contributed by atoms with Gasteiger partial charge in [0.15, 0.2) is 0 Å². The number of rotatable bonds is 1. The van der Waals surface area contributed by atoms with Crippen LogP contribution in [0.3, 0.4) is 0 Å². The Morgan fingerprint density at radius 1 is 1.35 bits per heavy atom. The monoisotopic (exact) mass is 236 g/mol. The summed E-state index contributed by atoms with van der Waals surface area (Å²) in [5.74, 6) is 0.479. The molecule has 1 aromatic carbocycles. The van der Waals surface area contributed by atoms with Crippen LogP contribution in [0, 0.1) is 0 Å². The summed E-state index contributed by atoms with van der Waals surface area (Å²) in [7, 11) is 0. The Kier molecular flexibility index (Phi) is 2.92. The predicted molar refractivity (Wildman–Crippen MR) is 66.1 cm³/mol. The van der Waals surface area contributed by atoms with Crippen LogP contribution >= 0.6 is 0 Å². The summed E-state index contributed by atoms with van der Waals surface area (Å²) in [6.45, 7) is 5.74. The van der Waals surface area contributed by atoms with E-state index in [1.165, 1.54) is 0 Å². The first kappa shape index (κ1) is 12.4. The lowest BCUT2D eigenvalue weighted by atomic mass is 9.75. The van der Waals surface area contributed by atoms with E-state index in [0.29, 0.717) is 12.8 Å². The zero-order chi connectivity index (χ0) is 12.8. The molecule has 1 aromatic rings. The van der Waals surface area contributed by atoms with Gasteiger partial charge >= 0.3 is 0 Å². The maximum atomic E-state index is 10.3. The molecule has 1 aliphatic rings. The quantitative estimate of drug-likeness (QED) is 0.701. The van der Waals surface area contributed by atoms with E-state index in [2.05, 4.69) is 0 Å². The molecule has 17 heavy (non-hydrogen) atoms. The highest BCUT2D eigenvalue weighted by molar-refractivity contribution is 5.49. The molecule has 0 amide bonds. The minimum Gasteiger partial charge on any atom is -0.508 e. The fourth-order valence-electron chi connectivity index (χ4n) is 2.59. The topological polar surface area (TPSA) is 60.7 Å². The molecule has 2 atom stereocenters. The summed E-state index contributed by atoms with van der Waals surface area (Å²) in [5.41, 5.74) is 1.40. The minimum atomic E-state index is -1.11. The molecule has 0 spiro atoms. The second-order valence-corrected chi connectivity index (χ2v) is 5.48. The Labute approximate surface area is 102 Å². The fourth-order valence-corrected chi connectivity index (χ4v) is 2.59. The second kappa shape index (κ2) is 4.00. The third kappa shape index (κ3) is 1.94. The van der Waals surface area contributed by atoms with Crippen LogP contribution in [0.15, 0.2) is 12.1 Å². The van der Waals surface area contributed by atoms with Crippen LogP contribution in [0.1, 0.15) is 55.9 Å². The smallest absolute Gasteiger partial charge is 0.119 e. The summed E-state index contributed by atoms with van der Waals surface area (Å²) in [6.07, 6.45) is 0.151. The second-order valence-electron chi connectivity index (χ2n) is 5.48. The first-order valence-corrected chi connectivity index (χ1v) is 6.09. The molecule has 0 heterocycles. The molecule has 0 fully saturated rings. The van der Waals surface area contributed by atoms with Gasteiger partial charge < -0.3 is 15.3 Å². The van der Waals surface area contributed by atoms with E-state index in [1.807, 2.05) is 19.9 Å². The van der Waals surface area contributed by atoms with Gasteiger partial charge in [-0.25, -0.2) is 0 Å². The van der Waals surface area contributed by atoms with Gasteiger partial charge in [-0.1, -0.05) is 19.9 Å². The molecule has 0 bridgehead atoms. The first-order valence-electron chi connectivity index (χ1n) is 6.09. The largest absolute Gasteiger partial charge is 0.508 e. The van der Waals surface area contributed by atoms with E-state index < -0.39 is 11.7 Å². The van der Waals surface area contributed by atoms with Crippen LogP contribution in [0.4, 0.5) is 0 Å². The van der Waals surface area contributed by atoms with Gasteiger partial charge in [-0.15, -0.1) is 0 Å². The Balaban J connectivity index is 2.63. The molecule has 1 aliphatic carbocycles. The molecule has 3 N–H and O–H groups in total. The fraction of sp³-hybridized carbons (Fsp3) is 0.571. The van der Waals surface area contributed by atoms with Crippen molar-refractivity contribution in [1.29, 1.82) is 0 Å². The van der Waals surface area contributed by atoms with Crippen molar-refractivity contribution in [2.45, 2.75) is 51.2 Å². The van der Waals surface area contributed by atoms with Crippen molar-refractivity contribution in [2.24, 2.45) is 0 Å². The number of hydrogen-bond donors (Lipinski definition) is 3. The summed E-state index contributed by atoms with van der Waals surface area (Å²) in [5, 5.41) is 30.3. The van der Waals surface area contributed by atoms with E-state index in [0.717, 1.165) is 16.7 Å². The molecule has 0 aliphatic heterocycles. The number of benzene rings is 1. The normalized spacial score (nSPS) is 28.2. The molecule has 3 nitrogen and oxygen atoms in total. The molecular weight excluding hydrogens is 216 g/mol. The molecule has 0 radical (unpaired) electrons. The molecular formula is C14H20O3. The average molecular weight is 236 g/mol. The van der Waals surface area contributed by atoms with Crippen molar-refractivity contribution in [3.05, 3.63) is 28.8 Å². The number of aromatic hydroxyl groups is 1. The van der Waals surface area contributed by atoms with Crippen LogP contribution in [-0.4, -0.2) is 20.9 Å². The van der Waals surface area contributed by atoms with Crippen molar-refractivity contribution >= 4 is 0 Å². The zero-order valence-corrected chi connectivity index (χ0v) is 10.6. The van der Waals surface area contributed by atoms with E-state index in [-0.39, 0.29) is 11.7 Å². The lowest BCUT2D eigenvalue weighted by Crippen LogP contribution is -2.38. The summed E-state index contributed by atoms with van der Waals surface area (Å²) < 4.78 is 0. The Hall–Kier alpha value is -1.06. The van der Waals surface area contributed by atoms with Crippen molar-refractivity contribution < 1.29 is 15.3 Å². The Bertz CT molecular complexity index is 435. The molecule has 94 valence electrons. The van der Waals surface area contributed by atoms with Gasteiger partial charge in [0.05, 0.1) is 5.60 Å². The highest BCUT2D eigenvalue weighted by atomic mass is 16.3. The van der Waals surface area contributed by atoms with Crippen LogP contribution < -0.4 is 0 Å². The van der Waals surface area contributed by atoms with E-state index in [4.69, 9.17) is 0 Å². The zero-order valence-electron chi connectivity index (χ0n) is 10.6. The van der Waals surface area contributed by atoms with E-state index in [1.54, 1.807) is 13.0 Å². The van der Waals surface area contributed by atoms with Crippen LogP contribution in [0.25, 0.3) is 0 Å². The molecule has 2 rings (SSSR count). The number of fused-ring (bicyclic) bond motifs is 1. The third-order valence-electron chi connectivity index (χ3n) is 3.73. The van der Waals surface area contributed by atoms with Crippen molar-refractivity contribution in [1.82, 2.24) is 0 Å². The van der Waals surface area contributed by atoms with Gasteiger partial charge in [-0.2, -0.15) is 0 Å². The lowest BCUT2D eigenvalue weighted by Gasteiger charge is -2.37. The molecule has 0 saturated carbocycles. The van der Waals surface area contributed by atoms with Gasteiger partial charge in [0.25, 0.3) is 0 Å². The standard InChI is InChI=1S/C14H20O3/c1-8(2)9-4-5-11(15)10-6-7-14(3,17)13(16)12(9)10/h4-5,8,13,15-17H,6-7H2,1-3H3. The summed E-state index contributed by atoms with van der Waals surface area (Å²) >= 11 is 0. The summed E-state index contributed by atoms with van der Waals surface area (Å²) in [4.78, 5) is 0. The molecule has 3 heteroatoms. The molecule has 0 saturated heterocycles. The third-order valence-corrected chi connectivity index (χ3v) is 3.73. The van der Waals surface area contributed by atoms with E-state index in [9.17, 15) is 15.3 Å². The Morgan fingerprint density at radius 3 is 2.59 bits per heavy atom. The summed E-state index contributed by atoms with van der Waals surface area (Å²) in [6, 6.07) is 3.52. The number of aliphatic hydroxyl groups excluding tert-OH is 1. The van der Waals surface area contributed by atoms with Gasteiger partial charge in [0.2, 0.25) is 0 Å².